The summed E-state index contributed by atoms with van der Waals surface area (Å²) >= 11 is 0. The minimum atomic E-state index is -0.646. The second-order valence-electron chi connectivity index (χ2n) is 6.53. The number of hydrogen-bond donors (Lipinski definition) is 2. The second kappa shape index (κ2) is 8.35. The molecule has 1 unspecified atom stereocenters. The van der Waals surface area contributed by atoms with E-state index in [1.165, 1.54) is 6.26 Å². The number of nitrogens with zero attached hydrogens (tertiary/aromatic N) is 2. The molecule has 27 heavy (non-hydrogen) atoms. The Labute approximate surface area is 157 Å². The molecule has 2 heterocycles. The third kappa shape index (κ3) is 4.63. The van der Waals surface area contributed by atoms with Crippen LogP contribution in [-0.4, -0.2) is 27.4 Å². The Morgan fingerprint density at radius 2 is 1.96 bits per heavy atom. The van der Waals surface area contributed by atoms with Crippen LogP contribution in [0.5, 0.6) is 0 Å². The Bertz CT molecular complexity index is 869. The highest BCUT2D eigenvalue weighted by Crippen LogP contribution is 2.10. The average Bonchev–Trinajstić information content (AvgIpc) is 3.38. The molecular formula is C20H22N4O3. The number of aromatic nitrogens is 2. The van der Waals surface area contributed by atoms with Crippen molar-refractivity contribution in [2.24, 2.45) is 5.92 Å². The standard InChI is InChI=1S/C20H22N4O3/c1-14(2)18(23-19(25)17-4-3-11-27-17)20(26)22-12-15-5-7-16(8-6-15)24-10-9-21-13-24/h3-11,13-14,18H,12H2,1-2H3,(H,22,26)(H,23,25). The molecule has 0 aliphatic rings. The predicted octanol–water partition coefficient (Wildman–Crippen LogP) is 2.54. The molecule has 0 fully saturated rings. The average molecular weight is 366 g/mol. The van der Waals surface area contributed by atoms with E-state index in [9.17, 15) is 9.59 Å². The Morgan fingerprint density at radius 1 is 1.19 bits per heavy atom. The number of amides is 2. The van der Waals surface area contributed by atoms with Gasteiger partial charge in [0.2, 0.25) is 5.91 Å². The minimum Gasteiger partial charge on any atom is -0.459 e. The number of carbonyl (C=O) groups excluding carboxylic acids is 2. The smallest absolute Gasteiger partial charge is 0.287 e. The zero-order valence-corrected chi connectivity index (χ0v) is 15.3. The Kier molecular flexibility index (Phi) is 5.71. The molecule has 0 radical (unpaired) electrons. The monoisotopic (exact) mass is 366 g/mol. The lowest BCUT2D eigenvalue weighted by atomic mass is 10.0. The molecule has 140 valence electrons. The quantitative estimate of drug-likeness (QED) is 0.672. The third-order valence-electron chi connectivity index (χ3n) is 4.19. The molecule has 2 amide bonds. The molecule has 0 spiro atoms. The molecule has 3 aromatic rings. The van der Waals surface area contributed by atoms with Gasteiger partial charge in [-0.15, -0.1) is 0 Å². The summed E-state index contributed by atoms with van der Waals surface area (Å²) in [6, 6.07) is 10.4. The second-order valence-corrected chi connectivity index (χ2v) is 6.53. The first-order valence-corrected chi connectivity index (χ1v) is 8.74. The van der Waals surface area contributed by atoms with Crippen molar-refractivity contribution >= 4 is 11.8 Å². The fraction of sp³-hybridized carbons (Fsp3) is 0.250. The summed E-state index contributed by atoms with van der Waals surface area (Å²) < 4.78 is 6.98. The topological polar surface area (TPSA) is 89.2 Å². The fourth-order valence-corrected chi connectivity index (χ4v) is 2.65. The van der Waals surface area contributed by atoms with Gasteiger partial charge in [0.05, 0.1) is 12.6 Å². The third-order valence-corrected chi connectivity index (χ3v) is 4.19. The van der Waals surface area contributed by atoms with Gasteiger partial charge in [0, 0.05) is 24.6 Å². The van der Waals surface area contributed by atoms with Gasteiger partial charge in [0.1, 0.15) is 6.04 Å². The number of imidazole rings is 1. The van der Waals surface area contributed by atoms with Gasteiger partial charge in [-0.05, 0) is 35.7 Å². The van der Waals surface area contributed by atoms with E-state index in [0.29, 0.717) is 6.54 Å². The van der Waals surface area contributed by atoms with Crippen LogP contribution in [0.3, 0.4) is 0 Å². The van der Waals surface area contributed by atoms with Crippen LogP contribution in [0.2, 0.25) is 0 Å². The summed E-state index contributed by atoms with van der Waals surface area (Å²) in [6.07, 6.45) is 6.74. The SMILES string of the molecule is CC(C)C(NC(=O)c1ccco1)C(=O)NCc1ccc(-n2ccnc2)cc1. The summed E-state index contributed by atoms with van der Waals surface area (Å²) in [5.74, 6) is -0.516. The van der Waals surface area contributed by atoms with Gasteiger partial charge in [-0.2, -0.15) is 0 Å². The molecule has 7 nitrogen and oxygen atoms in total. The number of furan rings is 1. The summed E-state index contributed by atoms with van der Waals surface area (Å²) in [7, 11) is 0. The molecule has 1 aromatic carbocycles. The van der Waals surface area contributed by atoms with Gasteiger partial charge in [-0.25, -0.2) is 4.98 Å². The van der Waals surface area contributed by atoms with Crippen molar-refractivity contribution in [3.8, 4) is 5.69 Å². The maximum atomic E-state index is 12.5. The van der Waals surface area contributed by atoms with Crippen LogP contribution < -0.4 is 10.6 Å². The Balaban J connectivity index is 1.58. The summed E-state index contributed by atoms with van der Waals surface area (Å²) in [5, 5.41) is 5.61. The van der Waals surface area contributed by atoms with Crippen molar-refractivity contribution in [2.75, 3.05) is 0 Å². The molecule has 1 atom stereocenters. The molecular weight excluding hydrogens is 344 g/mol. The molecule has 0 bridgehead atoms. The highest BCUT2D eigenvalue weighted by Gasteiger charge is 2.25. The summed E-state index contributed by atoms with van der Waals surface area (Å²) in [6.45, 7) is 4.14. The van der Waals surface area contributed by atoms with Crippen LogP contribution in [0.15, 0.2) is 65.8 Å². The normalized spacial score (nSPS) is 12.0. The number of nitrogens with one attached hydrogen (secondary N) is 2. The summed E-state index contributed by atoms with van der Waals surface area (Å²) in [4.78, 5) is 28.7. The molecule has 7 heteroatoms. The van der Waals surface area contributed by atoms with Crippen LogP contribution in [0, 0.1) is 5.92 Å². The molecule has 0 aliphatic carbocycles. The zero-order chi connectivity index (χ0) is 19.2. The molecule has 0 saturated carbocycles. The molecule has 2 aromatic heterocycles. The van der Waals surface area contributed by atoms with Gasteiger partial charge >= 0.3 is 0 Å². The number of benzene rings is 1. The maximum Gasteiger partial charge on any atom is 0.287 e. The first-order chi connectivity index (χ1) is 13.0. The Hall–Kier alpha value is -3.35. The Morgan fingerprint density at radius 3 is 2.56 bits per heavy atom. The lowest BCUT2D eigenvalue weighted by molar-refractivity contribution is -0.124. The molecule has 0 saturated heterocycles. The van der Waals surface area contributed by atoms with Crippen LogP contribution >= 0.6 is 0 Å². The first-order valence-electron chi connectivity index (χ1n) is 8.74. The zero-order valence-electron chi connectivity index (χ0n) is 15.3. The maximum absolute atomic E-state index is 12.5. The molecule has 0 aliphatic heterocycles. The fourth-order valence-electron chi connectivity index (χ4n) is 2.65. The van der Waals surface area contributed by atoms with Crippen molar-refractivity contribution in [3.63, 3.8) is 0 Å². The van der Waals surface area contributed by atoms with E-state index in [0.717, 1.165) is 11.3 Å². The van der Waals surface area contributed by atoms with Crippen LogP contribution in [0.4, 0.5) is 0 Å². The molecule has 2 N–H and O–H groups in total. The summed E-state index contributed by atoms with van der Waals surface area (Å²) in [5.41, 5.74) is 1.96. The predicted molar refractivity (Wildman–Crippen MR) is 100 cm³/mol. The van der Waals surface area contributed by atoms with Crippen molar-refractivity contribution in [1.82, 2.24) is 20.2 Å². The largest absolute Gasteiger partial charge is 0.459 e. The lowest BCUT2D eigenvalue weighted by Crippen LogP contribution is -2.49. The van der Waals surface area contributed by atoms with Crippen LogP contribution in [0.1, 0.15) is 30.0 Å². The first kappa shape index (κ1) is 18.4. The number of rotatable bonds is 7. The van der Waals surface area contributed by atoms with E-state index < -0.39 is 11.9 Å². The van der Waals surface area contributed by atoms with E-state index in [1.54, 1.807) is 24.7 Å². The minimum absolute atomic E-state index is 0.0625. The van der Waals surface area contributed by atoms with Crippen molar-refractivity contribution in [2.45, 2.75) is 26.4 Å². The van der Waals surface area contributed by atoms with Crippen LogP contribution in [-0.2, 0) is 11.3 Å². The highest BCUT2D eigenvalue weighted by atomic mass is 16.3. The van der Waals surface area contributed by atoms with Crippen molar-refractivity contribution in [3.05, 3.63) is 72.7 Å². The van der Waals surface area contributed by atoms with E-state index in [-0.39, 0.29) is 17.6 Å². The van der Waals surface area contributed by atoms with Crippen molar-refractivity contribution in [1.29, 1.82) is 0 Å². The van der Waals surface area contributed by atoms with Crippen LogP contribution in [0.25, 0.3) is 5.69 Å². The van der Waals surface area contributed by atoms with Gasteiger partial charge in [0.15, 0.2) is 5.76 Å². The van der Waals surface area contributed by atoms with Gasteiger partial charge in [-0.1, -0.05) is 26.0 Å². The van der Waals surface area contributed by atoms with E-state index in [2.05, 4.69) is 15.6 Å². The lowest BCUT2D eigenvalue weighted by Gasteiger charge is -2.21. The van der Waals surface area contributed by atoms with E-state index in [1.807, 2.05) is 48.9 Å². The van der Waals surface area contributed by atoms with Gasteiger partial charge in [-0.3, -0.25) is 9.59 Å². The number of hydrogen-bond acceptors (Lipinski definition) is 4. The van der Waals surface area contributed by atoms with E-state index >= 15 is 0 Å². The highest BCUT2D eigenvalue weighted by molar-refractivity contribution is 5.95. The van der Waals surface area contributed by atoms with Gasteiger partial charge in [0.25, 0.3) is 5.91 Å². The van der Waals surface area contributed by atoms with Crippen molar-refractivity contribution < 1.29 is 14.0 Å². The van der Waals surface area contributed by atoms with Gasteiger partial charge < -0.3 is 19.6 Å². The molecule has 3 rings (SSSR count). The van der Waals surface area contributed by atoms with E-state index in [4.69, 9.17) is 4.42 Å². The number of carbonyl (C=O) groups is 2.